The van der Waals surface area contributed by atoms with Gasteiger partial charge in [-0.25, -0.2) is 0 Å². The number of rotatable bonds is 5. The fourth-order valence-corrected chi connectivity index (χ4v) is 3.06. The van der Waals surface area contributed by atoms with Gasteiger partial charge in [-0.3, -0.25) is 4.90 Å². The number of piperidine rings is 1. The number of likely N-dealkylation sites (tertiary alicyclic amines) is 1. The molecule has 1 aromatic rings. The number of ether oxygens (including phenoxy) is 1. The second-order valence-electron chi connectivity index (χ2n) is 6.23. The summed E-state index contributed by atoms with van der Waals surface area (Å²) < 4.78 is 43.4. The lowest BCUT2D eigenvalue weighted by Crippen LogP contribution is -2.44. The number of halogens is 3. The zero-order chi connectivity index (χ0) is 17.0. The Kier molecular flexibility index (Phi) is 5.92. The Morgan fingerprint density at radius 1 is 1.22 bits per heavy atom. The van der Waals surface area contributed by atoms with Crippen LogP contribution in [0.25, 0.3) is 0 Å². The number of aliphatic hydroxyl groups excluding tert-OH is 1. The standard InChI is InChI=1S/C17H24F3NO2/c1-12-4-3-5-13(2)15(12)23-11-10-21-8-6-14(7-9-21)16(22)17(18,19)20/h3-5,14,16,22H,6-11H2,1-2H3. The van der Waals surface area contributed by atoms with Crippen molar-refractivity contribution in [2.24, 2.45) is 5.92 Å². The molecule has 1 heterocycles. The molecule has 1 aromatic carbocycles. The van der Waals surface area contributed by atoms with Crippen LogP contribution < -0.4 is 4.74 Å². The summed E-state index contributed by atoms with van der Waals surface area (Å²) in [5, 5.41) is 9.31. The number of aliphatic hydroxyl groups is 1. The van der Waals surface area contributed by atoms with Crippen molar-refractivity contribution in [1.82, 2.24) is 4.90 Å². The minimum atomic E-state index is -4.52. The van der Waals surface area contributed by atoms with E-state index in [9.17, 15) is 18.3 Å². The van der Waals surface area contributed by atoms with Crippen LogP contribution >= 0.6 is 0 Å². The van der Waals surface area contributed by atoms with E-state index in [4.69, 9.17) is 4.74 Å². The largest absolute Gasteiger partial charge is 0.492 e. The van der Waals surface area contributed by atoms with E-state index in [-0.39, 0.29) is 0 Å². The molecule has 1 N–H and O–H groups in total. The number of hydrogen-bond donors (Lipinski definition) is 1. The fourth-order valence-electron chi connectivity index (χ4n) is 3.06. The quantitative estimate of drug-likeness (QED) is 0.898. The van der Waals surface area contributed by atoms with Crippen molar-refractivity contribution < 1.29 is 23.0 Å². The molecule has 0 aliphatic carbocycles. The summed E-state index contributed by atoms with van der Waals surface area (Å²) in [6.07, 6.45) is -5.98. The normalized spacial score (nSPS) is 18.9. The predicted octanol–water partition coefficient (Wildman–Crippen LogP) is 3.32. The van der Waals surface area contributed by atoms with E-state index in [0.29, 0.717) is 39.1 Å². The second kappa shape index (κ2) is 7.53. The monoisotopic (exact) mass is 331 g/mol. The first-order chi connectivity index (χ1) is 10.8. The average molecular weight is 331 g/mol. The minimum Gasteiger partial charge on any atom is -0.492 e. The summed E-state index contributed by atoms with van der Waals surface area (Å²) >= 11 is 0. The molecule has 130 valence electrons. The van der Waals surface area contributed by atoms with Crippen molar-refractivity contribution in [2.45, 2.75) is 39.0 Å². The van der Waals surface area contributed by atoms with Crippen LogP contribution in [0.5, 0.6) is 5.75 Å². The van der Waals surface area contributed by atoms with Crippen LogP contribution in [0.2, 0.25) is 0 Å². The molecule has 6 heteroatoms. The van der Waals surface area contributed by atoms with Gasteiger partial charge in [-0.2, -0.15) is 13.2 Å². The zero-order valence-corrected chi connectivity index (χ0v) is 13.6. The number of alkyl halides is 3. The lowest BCUT2D eigenvalue weighted by Gasteiger charge is -2.34. The number of nitrogens with zero attached hydrogens (tertiary/aromatic N) is 1. The van der Waals surface area contributed by atoms with Gasteiger partial charge in [0.2, 0.25) is 0 Å². The molecule has 23 heavy (non-hydrogen) atoms. The lowest BCUT2D eigenvalue weighted by atomic mass is 9.91. The third-order valence-corrected chi connectivity index (χ3v) is 4.48. The summed E-state index contributed by atoms with van der Waals surface area (Å²) in [6, 6.07) is 5.97. The van der Waals surface area contributed by atoms with Crippen molar-refractivity contribution in [3.8, 4) is 5.75 Å². The van der Waals surface area contributed by atoms with Gasteiger partial charge in [0.05, 0.1) is 0 Å². The van der Waals surface area contributed by atoms with Crippen molar-refractivity contribution in [2.75, 3.05) is 26.2 Å². The highest BCUT2D eigenvalue weighted by molar-refractivity contribution is 5.39. The molecular formula is C17H24F3NO2. The Morgan fingerprint density at radius 2 is 1.78 bits per heavy atom. The molecule has 1 unspecified atom stereocenters. The van der Waals surface area contributed by atoms with Gasteiger partial charge in [0.1, 0.15) is 12.4 Å². The SMILES string of the molecule is Cc1cccc(C)c1OCCN1CCC(C(O)C(F)(F)F)CC1. The number of benzene rings is 1. The Bertz CT molecular complexity index is 491. The van der Waals surface area contributed by atoms with E-state index in [1.54, 1.807) is 0 Å². The Labute approximate surface area is 135 Å². The highest BCUT2D eigenvalue weighted by atomic mass is 19.4. The molecule has 0 aromatic heterocycles. The maximum absolute atomic E-state index is 12.5. The van der Waals surface area contributed by atoms with Crippen molar-refractivity contribution in [1.29, 1.82) is 0 Å². The maximum atomic E-state index is 12.5. The van der Waals surface area contributed by atoms with E-state index < -0.39 is 18.2 Å². The molecule has 0 amide bonds. The van der Waals surface area contributed by atoms with Crippen LogP contribution in [0.15, 0.2) is 18.2 Å². The summed E-state index contributed by atoms with van der Waals surface area (Å²) in [5.41, 5.74) is 2.16. The van der Waals surface area contributed by atoms with Crippen LogP contribution in [0.4, 0.5) is 13.2 Å². The Hall–Kier alpha value is -1.27. The van der Waals surface area contributed by atoms with Crippen LogP contribution in [0.3, 0.4) is 0 Å². The minimum absolute atomic E-state index is 0.365. The van der Waals surface area contributed by atoms with E-state index in [0.717, 1.165) is 16.9 Å². The van der Waals surface area contributed by atoms with Gasteiger partial charge in [-0.1, -0.05) is 18.2 Å². The van der Waals surface area contributed by atoms with Gasteiger partial charge >= 0.3 is 6.18 Å². The van der Waals surface area contributed by atoms with Crippen LogP contribution in [0.1, 0.15) is 24.0 Å². The summed E-state index contributed by atoms with van der Waals surface area (Å²) in [7, 11) is 0. The highest BCUT2D eigenvalue weighted by Gasteiger charge is 2.44. The molecule has 0 radical (unpaired) electrons. The molecule has 1 saturated heterocycles. The topological polar surface area (TPSA) is 32.7 Å². The molecule has 0 bridgehead atoms. The van der Waals surface area contributed by atoms with Gasteiger partial charge < -0.3 is 9.84 Å². The number of para-hydroxylation sites is 1. The first kappa shape index (κ1) is 18.1. The maximum Gasteiger partial charge on any atom is 0.414 e. The summed E-state index contributed by atoms with van der Waals surface area (Å²) in [6.45, 7) is 6.31. The van der Waals surface area contributed by atoms with Crippen LogP contribution in [0, 0.1) is 19.8 Å². The van der Waals surface area contributed by atoms with Crippen molar-refractivity contribution >= 4 is 0 Å². The smallest absolute Gasteiger partial charge is 0.414 e. The lowest BCUT2D eigenvalue weighted by molar-refractivity contribution is -0.223. The molecule has 2 rings (SSSR count). The molecule has 0 saturated carbocycles. The molecular weight excluding hydrogens is 307 g/mol. The fraction of sp³-hybridized carbons (Fsp3) is 0.647. The van der Waals surface area contributed by atoms with Gasteiger partial charge in [0.25, 0.3) is 0 Å². The van der Waals surface area contributed by atoms with E-state index in [1.165, 1.54) is 0 Å². The van der Waals surface area contributed by atoms with Crippen LogP contribution in [-0.2, 0) is 0 Å². The number of hydrogen-bond acceptors (Lipinski definition) is 3. The van der Waals surface area contributed by atoms with Crippen LogP contribution in [-0.4, -0.2) is 48.5 Å². The summed E-state index contributed by atoms with van der Waals surface area (Å²) in [4.78, 5) is 2.09. The molecule has 1 aliphatic rings. The van der Waals surface area contributed by atoms with E-state index in [2.05, 4.69) is 4.90 Å². The third kappa shape index (κ3) is 4.85. The Balaban J connectivity index is 1.75. The van der Waals surface area contributed by atoms with Gasteiger partial charge in [-0.05, 0) is 56.8 Å². The summed E-state index contributed by atoms with van der Waals surface area (Å²) in [5.74, 6) is 0.195. The first-order valence-corrected chi connectivity index (χ1v) is 7.95. The number of aryl methyl sites for hydroxylation is 2. The average Bonchev–Trinajstić information content (AvgIpc) is 2.49. The molecule has 3 nitrogen and oxygen atoms in total. The zero-order valence-electron chi connectivity index (χ0n) is 13.6. The van der Waals surface area contributed by atoms with E-state index >= 15 is 0 Å². The molecule has 1 aliphatic heterocycles. The first-order valence-electron chi connectivity index (χ1n) is 7.95. The molecule has 0 spiro atoms. The van der Waals surface area contributed by atoms with Gasteiger partial charge in [0, 0.05) is 6.54 Å². The molecule has 1 atom stereocenters. The second-order valence-corrected chi connectivity index (χ2v) is 6.23. The highest BCUT2D eigenvalue weighted by Crippen LogP contribution is 2.31. The Morgan fingerprint density at radius 3 is 2.30 bits per heavy atom. The van der Waals surface area contributed by atoms with E-state index in [1.807, 2.05) is 32.0 Å². The van der Waals surface area contributed by atoms with Crippen molar-refractivity contribution in [3.05, 3.63) is 29.3 Å². The van der Waals surface area contributed by atoms with Crippen molar-refractivity contribution in [3.63, 3.8) is 0 Å². The van der Waals surface area contributed by atoms with Gasteiger partial charge in [-0.15, -0.1) is 0 Å². The third-order valence-electron chi connectivity index (χ3n) is 4.48. The van der Waals surface area contributed by atoms with Gasteiger partial charge in [0.15, 0.2) is 6.10 Å². The predicted molar refractivity (Wildman–Crippen MR) is 82.6 cm³/mol. The molecule has 1 fully saturated rings.